The Balaban J connectivity index is 2.72. The van der Waals surface area contributed by atoms with Crippen molar-refractivity contribution in [2.24, 2.45) is 7.05 Å². The summed E-state index contributed by atoms with van der Waals surface area (Å²) in [5.41, 5.74) is 3.71. The van der Waals surface area contributed by atoms with Gasteiger partial charge in [-0.3, -0.25) is 4.68 Å². The summed E-state index contributed by atoms with van der Waals surface area (Å²) < 4.78 is 1.96. The zero-order valence-electron chi connectivity index (χ0n) is 12.2. The standard InChI is InChI=1S/C13H26N4/c1-9(8-16(5)6)14-10(2)13-11(3)15-17(7)12(13)4/h9-10,14H,8H2,1-7H3. The molecule has 0 aliphatic carbocycles. The molecule has 0 radical (unpaired) electrons. The lowest BCUT2D eigenvalue weighted by molar-refractivity contribution is 0.334. The van der Waals surface area contributed by atoms with Gasteiger partial charge in [0.1, 0.15) is 0 Å². The van der Waals surface area contributed by atoms with Gasteiger partial charge in [0.15, 0.2) is 0 Å². The topological polar surface area (TPSA) is 33.1 Å². The maximum absolute atomic E-state index is 4.47. The summed E-state index contributed by atoms with van der Waals surface area (Å²) in [6.45, 7) is 9.69. The van der Waals surface area contributed by atoms with E-state index in [4.69, 9.17) is 0 Å². The van der Waals surface area contributed by atoms with Crippen LogP contribution < -0.4 is 5.32 Å². The van der Waals surface area contributed by atoms with Crippen LogP contribution in [0.3, 0.4) is 0 Å². The third kappa shape index (κ3) is 3.54. The van der Waals surface area contributed by atoms with E-state index in [9.17, 15) is 0 Å². The number of rotatable bonds is 5. The molecule has 2 unspecified atom stereocenters. The molecule has 0 saturated carbocycles. The van der Waals surface area contributed by atoms with Gasteiger partial charge >= 0.3 is 0 Å². The fraction of sp³-hybridized carbons (Fsp3) is 0.769. The van der Waals surface area contributed by atoms with Crippen molar-refractivity contribution in [1.82, 2.24) is 20.0 Å². The van der Waals surface area contributed by atoms with Crippen LogP contribution >= 0.6 is 0 Å². The van der Waals surface area contributed by atoms with Gasteiger partial charge in [-0.1, -0.05) is 0 Å². The second kappa shape index (κ2) is 5.65. The maximum atomic E-state index is 4.47. The first kappa shape index (κ1) is 14.2. The first-order valence-corrected chi connectivity index (χ1v) is 6.23. The van der Waals surface area contributed by atoms with Gasteiger partial charge in [0.2, 0.25) is 0 Å². The molecule has 1 heterocycles. The number of nitrogens with one attached hydrogen (secondary N) is 1. The third-order valence-electron chi connectivity index (χ3n) is 3.17. The van der Waals surface area contributed by atoms with Gasteiger partial charge in [-0.05, 0) is 41.8 Å². The van der Waals surface area contributed by atoms with Crippen molar-refractivity contribution in [1.29, 1.82) is 0 Å². The average Bonchev–Trinajstić information content (AvgIpc) is 2.39. The number of aryl methyl sites for hydroxylation is 2. The molecule has 1 rings (SSSR count). The van der Waals surface area contributed by atoms with E-state index < -0.39 is 0 Å². The van der Waals surface area contributed by atoms with Gasteiger partial charge in [0.05, 0.1) is 5.69 Å². The van der Waals surface area contributed by atoms with Crippen molar-refractivity contribution in [3.8, 4) is 0 Å². The van der Waals surface area contributed by atoms with Crippen LogP contribution in [0.25, 0.3) is 0 Å². The molecule has 98 valence electrons. The molecule has 0 bridgehead atoms. The molecule has 0 saturated heterocycles. The zero-order valence-corrected chi connectivity index (χ0v) is 12.2. The molecule has 1 N–H and O–H groups in total. The lowest BCUT2D eigenvalue weighted by atomic mass is 10.1. The number of aromatic nitrogens is 2. The molecule has 1 aromatic heterocycles. The largest absolute Gasteiger partial charge is 0.308 e. The first-order valence-electron chi connectivity index (χ1n) is 6.23. The predicted octanol–water partition coefficient (Wildman–Crippen LogP) is 1.64. The van der Waals surface area contributed by atoms with Crippen LogP contribution in [-0.2, 0) is 7.05 Å². The minimum Gasteiger partial charge on any atom is -0.308 e. The van der Waals surface area contributed by atoms with E-state index in [2.05, 4.69) is 57.1 Å². The van der Waals surface area contributed by atoms with Crippen LogP contribution in [0.1, 0.15) is 36.8 Å². The Hall–Kier alpha value is -0.870. The highest BCUT2D eigenvalue weighted by atomic mass is 15.3. The highest BCUT2D eigenvalue weighted by molar-refractivity contribution is 5.27. The third-order valence-corrected chi connectivity index (χ3v) is 3.17. The van der Waals surface area contributed by atoms with Gasteiger partial charge < -0.3 is 10.2 Å². The summed E-state index contributed by atoms with van der Waals surface area (Å²) in [7, 11) is 6.20. The van der Waals surface area contributed by atoms with Crippen LogP contribution in [0.15, 0.2) is 0 Å². The van der Waals surface area contributed by atoms with E-state index in [0.29, 0.717) is 12.1 Å². The average molecular weight is 238 g/mol. The van der Waals surface area contributed by atoms with E-state index in [1.165, 1.54) is 11.3 Å². The van der Waals surface area contributed by atoms with Gasteiger partial charge in [-0.2, -0.15) is 5.10 Å². The van der Waals surface area contributed by atoms with E-state index >= 15 is 0 Å². The normalized spacial score (nSPS) is 15.3. The van der Waals surface area contributed by atoms with E-state index in [-0.39, 0.29) is 0 Å². The summed E-state index contributed by atoms with van der Waals surface area (Å²) in [6, 6.07) is 0.817. The number of hydrogen-bond donors (Lipinski definition) is 1. The first-order chi connectivity index (χ1) is 7.82. The van der Waals surface area contributed by atoms with E-state index in [1.54, 1.807) is 0 Å². The Morgan fingerprint density at radius 1 is 1.29 bits per heavy atom. The summed E-state index contributed by atoms with van der Waals surface area (Å²) in [6.07, 6.45) is 0. The predicted molar refractivity (Wildman–Crippen MR) is 72.2 cm³/mol. The number of hydrogen-bond acceptors (Lipinski definition) is 3. The Kier molecular flexibility index (Phi) is 4.71. The van der Waals surface area contributed by atoms with E-state index in [1.807, 2.05) is 11.7 Å². The Labute approximate surface area is 105 Å². The van der Waals surface area contributed by atoms with Crippen LogP contribution in [0.2, 0.25) is 0 Å². The molecule has 17 heavy (non-hydrogen) atoms. The molecule has 0 spiro atoms. The van der Waals surface area contributed by atoms with Crippen molar-refractivity contribution in [3.63, 3.8) is 0 Å². The van der Waals surface area contributed by atoms with Crippen LogP contribution in [0, 0.1) is 13.8 Å². The molecule has 0 aliphatic rings. The van der Waals surface area contributed by atoms with Crippen molar-refractivity contribution in [3.05, 3.63) is 17.0 Å². The van der Waals surface area contributed by atoms with Crippen molar-refractivity contribution < 1.29 is 0 Å². The minimum absolute atomic E-state index is 0.346. The quantitative estimate of drug-likeness (QED) is 0.846. The van der Waals surface area contributed by atoms with Crippen molar-refractivity contribution in [2.45, 2.75) is 39.8 Å². The smallest absolute Gasteiger partial charge is 0.0644 e. The van der Waals surface area contributed by atoms with Crippen molar-refractivity contribution in [2.75, 3.05) is 20.6 Å². The number of nitrogens with zero attached hydrogens (tertiary/aromatic N) is 3. The summed E-state index contributed by atoms with van der Waals surface area (Å²) >= 11 is 0. The fourth-order valence-corrected chi connectivity index (χ4v) is 2.53. The van der Waals surface area contributed by atoms with Crippen molar-refractivity contribution >= 4 is 0 Å². The lowest BCUT2D eigenvalue weighted by Crippen LogP contribution is -2.37. The van der Waals surface area contributed by atoms with Crippen LogP contribution in [0.5, 0.6) is 0 Å². The fourth-order valence-electron chi connectivity index (χ4n) is 2.53. The molecule has 0 fully saturated rings. The molecule has 0 aromatic carbocycles. The zero-order chi connectivity index (χ0) is 13.2. The Morgan fingerprint density at radius 2 is 1.88 bits per heavy atom. The van der Waals surface area contributed by atoms with Crippen LogP contribution in [-0.4, -0.2) is 41.4 Å². The summed E-state index contributed by atoms with van der Waals surface area (Å²) in [4.78, 5) is 2.20. The molecule has 4 heteroatoms. The Morgan fingerprint density at radius 3 is 2.29 bits per heavy atom. The molecule has 2 atom stereocenters. The maximum Gasteiger partial charge on any atom is 0.0644 e. The highest BCUT2D eigenvalue weighted by Gasteiger charge is 2.17. The highest BCUT2D eigenvalue weighted by Crippen LogP contribution is 2.20. The molecule has 0 aliphatic heterocycles. The second-order valence-electron chi connectivity index (χ2n) is 5.26. The molecular formula is C13H26N4. The molecule has 4 nitrogen and oxygen atoms in total. The number of likely N-dealkylation sites (N-methyl/N-ethyl adjacent to an activating group) is 1. The van der Waals surface area contributed by atoms with Gasteiger partial charge in [-0.15, -0.1) is 0 Å². The SMILES string of the molecule is Cc1nn(C)c(C)c1C(C)NC(C)CN(C)C. The minimum atomic E-state index is 0.346. The van der Waals surface area contributed by atoms with E-state index in [0.717, 1.165) is 12.2 Å². The summed E-state index contributed by atoms with van der Waals surface area (Å²) in [5.74, 6) is 0. The molecular weight excluding hydrogens is 212 g/mol. The Bertz CT molecular complexity index is 368. The van der Waals surface area contributed by atoms with Crippen LogP contribution in [0.4, 0.5) is 0 Å². The molecule has 0 amide bonds. The van der Waals surface area contributed by atoms with Gasteiger partial charge in [0.25, 0.3) is 0 Å². The summed E-state index contributed by atoms with van der Waals surface area (Å²) in [5, 5.41) is 8.09. The monoisotopic (exact) mass is 238 g/mol. The second-order valence-corrected chi connectivity index (χ2v) is 5.26. The van der Waals surface area contributed by atoms with Gasteiger partial charge in [-0.25, -0.2) is 0 Å². The molecule has 1 aromatic rings. The lowest BCUT2D eigenvalue weighted by Gasteiger charge is -2.23. The van der Waals surface area contributed by atoms with Gasteiger partial charge in [0, 0.05) is 36.9 Å².